The van der Waals surface area contributed by atoms with Crippen LogP contribution in [-0.2, 0) is 0 Å². The fourth-order valence-corrected chi connectivity index (χ4v) is 4.48. The molecule has 20 heavy (non-hydrogen) atoms. The van der Waals surface area contributed by atoms with Crippen LogP contribution in [0, 0.1) is 27.7 Å². The van der Waals surface area contributed by atoms with Gasteiger partial charge in [0.2, 0.25) is 0 Å². The van der Waals surface area contributed by atoms with Gasteiger partial charge >= 0.3 is 18.9 Å². The summed E-state index contributed by atoms with van der Waals surface area (Å²) >= 11 is 0. The molecular formula is C17H24LiOP. The molecule has 0 bridgehead atoms. The molecule has 104 valence electrons. The summed E-state index contributed by atoms with van der Waals surface area (Å²) in [6.07, 6.45) is 6.42. The Hall–Kier alpha value is -0.0826. The quantitative estimate of drug-likeness (QED) is 0.614. The Kier molecular flexibility index (Phi) is 7.00. The summed E-state index contributed by atoms with van der Waals surface area (Å²) in [5.74, 6) is 0. The zero-order valence-corrected chi connectivity index (χ0v) is 14.4. The Morgan fingerprint density at radius 1 is 1.00 bits per heavy atom. The molecule has 0 saturated heterocycles. The second-order valence-electron chi connectivity index (χ2n) is 5.86. The minimum Gasteiger partial charge on any atom is -0.456 e. The predicted octanol–water partition coefficient (Wildman–Crippen LogP) is 2.34. The third kappa shape index (κ3) is 3.97. The zero-order valence-electron chi connectivity index (χ0n) is 13.5. The van der Waals surface area contributed by atoms with E-state index in [1.165, 1.54) is 48.8 Å². The molecule has 0 radical (unpaired) electrons. The summed E-state index contributed by atoms with van der Waals surface area (Å²) in [7, 11) is 1.03. The van der Waals surface area contributed by atoms with Gasteiger partial charge in [-0.15, -0.1) is 0 Å². The van der Waals surface area contributed by atoms with Crippen molar-refractivity contribution in [1.82, 2.24) is 0 Å². The molecule has 2 rings (SSSR count). The molecule has 1 aliphatic rings. The minimum atomic E-state index is 0. The number of rotatable bonds is 3. The largest absolute Gasteiger partial charge is 1.00 e. The van der Waals surface area contributed by atoms with Crippen LogP contribution in [-0.4, -0.2) is 11.2 Å². The van der Waals surface area contributed by atoms with Crippen molar-refractivity contribution in [2.75, 3.05) is 0 Å². The predicted molar refractivity (Wildman–Crippen MR) is 83.5 cm³/mol. The molecule has 0 aliphatic heterocycles. The van der Waals surface area contributed by atoms with Gasteiger partial charge in [0, 0.05) is 5.52 Å². The summed E-state index contributed by atoms with van der Waals surface area (Å²) in [6, 6.07) is 2.16. The summed E-state index contributed by atoms with van der Waals surface area (Å²) in [5, 5.41) is 0. The van der Waals surface area contributed by atoms with E-state index in [-0.39, 0.29) is 18.9 Å². The van der Waals surface area contributed by atoms with Crippen LogP contribution in [0.1, 0.15) is 64.7 Å². The van der Waals surface area contributed by atoms with Crippen LogP contribution >= 0.6 is 8.58 Å². The summed E-state index contributed by atoms with van der Waals surface area (Å²) in [6.45, 7) is 8.42. The fraction of sp³-hybridized carbons (Fsp3) is 0.588. The van der Waals surface area contributed by atoms with Gasteiger partial charge in [0.1, 0.15) is 0 Å². The second kappa shape index (κ2) is 7.79. The van der Waals surface area contributed by atoms with E-state index >= 15 is 0 Å². The van der Waals surface area contributed by atoms with Gasteiger partial charge in [-0.05, 0) is 55.5 Å². The molecule has 0 aromatic heterocycles. The van der Waals surface area contributed by atoms with Crippen LogP contribution in [0.5, 0.6) is 0 Å². The second-order valence-corrected chi connectivity index (χ2v) is 7.26. The van der Waals surface area contributed by atoms with Gasteiger partial charge in [-0.25, -0.2) is 0 Å². The number of hydrogen-bond donors (Lipinski definition) is 0. The Morgan fingerprint density at radius 2 is 1.60 bits per heavy atom. The van der Waals surface area contributed by atoms with E-state index in [0.717, 1.165) is 19.7 Å². The van der Waals surface area contributed by atoms with Crippen molar-refractivity contribution in [3.05, 3.63) is 33.9 Å². The molecule has 1 aliphatic carbocycles. The molecule has 0 amide bonds. The molecule has 3 heteroatoms. The molecule has 1 saturated carbocycles. The van der Waals surface area contributed by atoms with Crippen LogP contribution in [0.25, 0.3) is 0 Å². The Labute approximate surface area is 137 Å². The average molecular weight is 282 g/mol. The van der Waals surface area contributed by atoms with E-state index < -0.39 is 0 Å². The molecule has 0 unspecified atom stereocenters. The maximum absolute atomic E-state index is 12.6. The molecule has 0 spiro atoms. The Balaban J connectivity index is 0.00000200. The van der Waals surface area contributed by atoms with Crippen molar-refractivity contribution < 1.29 is 23.7 Å². The van der Waals surface area contributed by atoms with Gasteiger partial charge in [0.15, 0.2) is 0 Å². The van der Waals surface area contributed by atoms with Crippen LogP contribution < -0.4 is 18.9 Å². The fourth-order valence-electron chi connectivity index (χ4n) is 3.05. The standard InChI is InChI=1S/C17H24OP.Li/c1-11-10-12(2)16(14(4)13(11)3)17(18)19-15-8-6-5-7-9-15;/h10,15H,5-9H2,1-4H3;/q-1;+1. The van der Waals surface area contributed by atoms with Crippen molar-refractivity contribution in [1.29, 1.82) is 0 Å². The number of carbonyl (C=O) groups is 1. The number of carbonyl (C=O) groups excluding carboxylic acids is 1. The summed E-state index contributed by atoms with van der Waals surface area (Å²) < 4.78 is 0. The van der Waals surface area contributed by atoms with Gasteiger partial charge in [-0.1, -0.05) is 38.2 Å². The summed E-state index contributed by atoms with van der Waals surface area (Å²) in [5.41, 5.74) is 6.82. The van der Waals surface area contributed by atoms with Gasteiger partial charge < -0.3 is 13.4 Å². The maximum Gasteiger partial charge on any atom is 1.00 e. The van der Waals surface area contributed by atoms with Crippen LogP contribution in [0.2, 0.25) is 0 Å². The Morgan fingerprint density at radius 3 is 2.20 bits per heavy atom. The number of hydrogen-bond acceptors (Lipinski definition) is 1. The average Bonchev–Trinajstić information content (AvgIpc) is 2.37. The molecule has 0 heterocycles. The molecular weight excluding hydrogens is 258 g/mol. The van der Waals surface area contributed by atoms with Gasteiger partial charge in [-0.2, -0.15) is 5.66 Å². The van der Waals surface area contributed by atoms with Gasteiger partial charge in [0.25, 0.3) is 0 Å². The smallest absolute Gasteiger partial charge is 0.456 e. The third-order valence-electron chi connectivity index (χ3n) is 4.44. The van der Waals surface area contributed by atoms with E-state index in [1.54, 1.807) is 0 Å². The van der Waals surface area contributed by atoms with Crippen molar-refractivity contribution in [2.24, 2.45) is 0 Å². The van der Waals surface area contributed by atoms with E-state index in [2.05, 4.69) is 33.8 Å². The van der Waals surface area contributed by atoms with Crippen LogP contribution in [0.15, 0.2) is 6.07 Å². The SMILES string of the molecule is Cc1cc(C)c(C(=O)[P-]C2CCCCC2)c(C)c1C.[Li+]. The molecule has 0 atom stereocenters. The van der Waals surface area contributed by atoms with Crippen molar-refractivity contribution in [3.8, 4) is 0 Å². The van der Waals surface area contributed by atoms with Crippen molar-refractivity contribution in [3.63, 3.8) is 0 Å². The molecule has 1 nitrogen and oxygen atoms in total. The molecule has 1 fully saturated rings. The van der Waals surface area contributed by atoms with E-state index in [9.17, 15) is 4.79 Å². The first kappa shape index (κ1) is 18.0. The first-order valence-corrected chi connectivity index (χ1v) is 8.29. The van der Waals surface area contributed by atoms with Gasteiger partial charge in [0.05, 0.1) is 0 Å². The normalized spacial score (nSPS) is 16.4. The zero-order chi connectivity index (χ0) is 14.0. The monoisotopic (exact) mass is 282 g/mol. The van der Waals surface area contributed by atoms with E-state index in [0.29, 0.717) is 11.2 Å². The molecule has 1 aromatic rings. The maximum atomic E-state index is 12.6. The third-order valence-corrected chi connectivity index (χ3v) is 5.78. The van der Waals surface area contributed by atoms with Crippen LogP contribution in [0.4, 0.5) is 0 Å². The van der Waals surface area contributed by atoms with E-state index in [1.807, 2.05) is 0 Å². The van der Waals surface area contributed by atoms with E-state index in [4.69, 9.17) is 0 Å². The first-order valence-electron chi connectivity index (χ1n) is 7.33. The first-order chi connectivity index (χ1) is 9.00. The van der Waals surface area contributed by atoms with Crippen molar-refractivity contribution in [2.45, 2.75) is 65.5 Å². The molecule has 1 aromatic carbocycles. The molecule has 0 N–H and O–H groups in total. The summed E-state index contributed by atoms with van der Waals surface area (Å²) in [4.78, 5) is 12.6. The Bertz CT molecular complexity index is 490. The number of aryl methyl sites for hydroxylation is 2. The number of benzene rings is 1. The minimum absolute atomic E-state index is 0. The topological polar surface area (TPSA) is 17.1 Å². The van der Waals surface area contributed by atoms with Gasteiger partial charge in [-0.3, -0.25) is 0 Å². The van der Waals surface area contributed by atoms with Crippen LogP contribution in [0.3, 0.4) is 0 Å². The van der Waals surface area contributed by atoms with Crippen molar-refractivity contribution >= 4 is 14.1 Å².